The molecule has 1 aromatic heterocycles. The third kappa shape index (κ3) is 5.95. The first-order valence-electron chi connectivity index (χ1n) is 10.8. The molecule has 0 spiro atoms. The number of aromatic nitrogens is 2. The van der Waals surface area contributed by atoms with Gasteiger partial charge in [0.05, 0.1) is 21.5 Å². The number of ether oxygens (including phenoxy) is 1. The Morgan fingerprint density at radius 2 is 1.66 bits per heavy atom. The van der Waals surface area contributed by atoms with E-state index in [-0.39, 0.29) is 48.3 Å². The normalized spacial score (nSPS) is 10.7. The number of carbonyl (C=O) groups is 2. The van der Waals surface area contributed by atoms with E-state index >= 15 is 0 Å². The Balaban J connectivity index is 1.63. The maximum atomic E-state index is 12.8. The number of methoxy groups -OCH3 is 1. The van der Waals surface area contributed by atoms with Crippen LogP contribution in [-0.2, 0) is 27.6 Å². The van der Waals surface area contributed by atoms with Gasteiger partial charge in [0, 0.05) is 37.9 Å². The fourth-order valence-electron chi connectivity index (χ4n) is 3.57. The summed E-state index contributed by atoms with van der Waals surface area (Å²) in [4.78, 5) is 49.8. The highest BCUT2D eigenvalue weighted by Crippen LogP contribution is 2.20. The van der Waals surface area contributed by atoms with Crippen molar-refractivity contribution in [2.24, 2.45) is 0 Å². The molecule has 0 saturated carbocycles. The third-order valence-corrected chi connectivity index (χ3v) is 5.58. The second kappa shape index (κ2) is 11.5. The van der Waals surface area contributed by atoms with Crippen molar-refractivity contribution in [2.45, 2.75) is 39.5 Å². The van der Waals surface area contributed by atoms with Gasteiger partial charge in [-0.25, -0.2) is 4.79 Å². The number of benzene rings is 2. The SMILES string of the molecule is CCn1c(=O)c2cc(NC(=O)CCCC(=O)Nc3ccc(C#N)c(Cl)c3)ccc2n(COC)c1=O. The first-order valence-corrected chi connectivity index (χ1v) is 11.2. The molecule has 1 heterocycles. The van der Waals surface area contributed by atoms with Crippen LogP contribution in [0.25, 0.3) is 10.9 Å². The second-order valence-electron chi connectivity index (χ2n) is 7.67. The van der Waals surface area contributed by atoms with E-state index in [0.717, 1.165) is 4.57 Å². The van der Waals surface area contributed by atoms with Crippen LogP contribution < -0.4 is 21.9 Å². The summed E-state index contributed by atoms with van der Waals surface area (Å²) < 4.78 is 7.55. The molecule has 3 rings (SSSR count). The number of nitriles is 1. The Hall–Kier alpha value is -3.94. The van der Waals surface area contributed by atoms with E-state index in [9.17, 15) is 19.2 Å². The predicted octanol–water partition coefficient (Wildman–Crippen LogP) is 3.06. The molecule has 0 atom stereocenters. The van der Waals surface area contributed by atoms with E-state index in [1.54, 1.807) is 25.1 Å². The summed E-state index contributed by atoms with van der Waals surface area (Å²) in [6.07, 6.45) is 0.487. The first kappa shape index (κ1) is 25.7. The summed E-state index contributed by atoms with van der Waals surface area (Å²) in [6, 6.07) is 11.2. The van der Waals surface area contributed by atoms with Gasteiger partial charge in [0.2, 0.25) is 11.8 Å². The van der Waals surface area contributed by atoms with Gasteiger partial charge in [-0.15, -0.1) is 0 Å². The van der Waals surface area contributed by atoms with Crippen molar-refractivity contribution >= 4 is 45.7 Å². The Morgan fingerprint density at radius 1 is 1.03 bits per heavy atom. The number of nitrogens with one attached hydrogen (secondary N) is 2. The minimum Gasteiger partial charge on any atom is -0.364 e. The first-order chi connectivity index (χ1) is 16.8. The maximum absolute atomic E-state index is 12.8. The van der Waals surface area contributed by atoms with Crippen molar-refractivity contribution in [3.05, 3.63) is 67.8 Å². The molecule has 0 bridgehead atoms. The van der Waals surface area contributed by atoms with Crippen LogP contribution in [0.3, 0.4) is 0 Å². The van der Waals surface area contributed by atoms with Crippen molar-refractivity contribution in [1.82, 2.24) is 9.13 Å². The standard InChI is InChI=1S/C24H24ClN5O5/c1-3-29-23(33)18-11-16(9-10-20(18)30(14-35-2)24(29)34)27-21(31)5-4-6-22(32)28-17-8-7-15(13-26)19(25)12-17/h7-12H,3-6,14H2,1-2H3,(H,27,31)(H,28,32). The van der Waals surface area contributed by atoms with Crippen molar-refractivity contribution in [2.75, 3.05) is 17.7 Å². The number of hydrogen-bond acceptors (Lipinski definition) is 6. The average molecular weight is 498 g/mol. The van der Waals surface area contributed by atoms with Crippen LogP contribution in [0, 0.1) is 11.3 Å². The van der Waals surface area contributed by atoms with Crippen LogP contribution in [0.2, 0.25) is 5.02 Å². The van der Waals surface area contributed by atoms with E-state index in [1.165, 1.54) is 29.9 Å². The van der Waals surface area contributed by atoms with E-state index < -0.39 is 11.2 Å². The molecule has 2 amide bonds. The minimum absolute atomic E-state index is 0.0158. The van der Waals surface area contributed by atoms with Gasteiger partial charge < -0.3 is 15.4 Å². The fraction of sp³-hybridized carbons (Fsp3) is 0.292. The van der Waals surface area contributed by atoms with Gasteiger partial charge in [-0.2, -0.15) is 5.26 Å². The molecule has 2 N–H and O–H groups in total. The number of nitrogens with zero attached hydrogens (tertiary/aromatic N) is 3. The second-order valence-corrected chi connectivity index (χ2v) is 8.07. The van der Waals surface area contributed by atoms with Crippen molar-refractivity contribution in [3.63, 3.8) is 0 Å². The number of halogens is 1. The lowest BCUT2D eigenvalue weighted by Gasteiger charge is -2.13. The molecule has 0 aliphatic rings. The highest BCUT2D eigenvalue weighted by atomic mass is 35.5. The smallest absolute Gasteiger partial charge is 0.333 e. The lowest BCUT2D eigenvalue weighted by Crippen LogP contribution is -2.40. The number of amides is 2. The summed E-state index contributed by atoms with van der Waals surface area (Å²) in [7, 11) is 1.45. The molecule has 35 heavy (non-hydrogen) atoms. The summed E-state index contributed by atoms with van der Waals surface area (Å²) in [5.41, 5.74) is 0.668. The number of rotatable bonds is 9. The highest BCUT2D eigenvalue weighted by Gasteiger charge is 2.14. The van der Waals surface area contributed by atoms with Crippen molar-refractivity contribution < 1.29 is 14.3 Å². The molecular weight excluding hydrogens is 474 g/mol. The maximum Gasteiger partial charge on any atom is 0.333 e. The van der Waals surface area contributed by atoms with Gasteiger partial charge >= 0.3 is 5.69 Å². The summed E-state index contributed by atoms with van der Waals surface area (Å²) in [5.74, 6) is -0.611. The Kier molecular flexibility index (Phi) is 8.41. The third-order valence-electron chi connectivity index (χ3n) is 5.26. The zero-order valence-corrected chi connectivity index (χ0v) is 20.0. The molecule has 3 aromatic rings. The highest BCUT2D eigenvalue weighted by molar-refractivity contribution is 6.32. The molecule has 10 nitrogen and oxygen atoms in total. The predicted molar refractivity (Wildman–Crippen MR) is 132 cm³/mol. The summed E-state index contributed by atoms with van der Waals surface area (Å²) >= 11 is 5.96. The van der Waals surface area contributed by atoms with E-state index in [0.29, 0.717) is 28.9 Å². The molecule has 0 unspecified atom stereocenters. The van der Waals surface area contributed by atoms with Crippen LogP contribution in [0.15, 0.2) is 46.0 Å². The molecule has 0 aliphatic carbocycles. The van der Waals surface area contributed by atoms with Gasteiger partial charge in [0.25, 0.3) is 5.56 Å². The molecule has 0 saturated heterocycles. The largest absolute Gasteiger partial charge is 0.364 e. The van der Waals surface area contributed by atoms with Crippen molar-refractivity contribution in [1.29, 1.82) is 5.26 Å². The average Bonchev–Trinajstić information content (AvgIpc) is 2.82. The number of fused-ring (bicyclic) bond motifs is 1. The molecular formula is C24H24ClN5O5. The number of carbonyl (C=O) groups excluding carboxylic acids is 2. The van der Waals surface area contributed by atoms with Gasteiger partial charge in [-0.3, -0.25) is 23.5 Å². The lowest BCUT2D eigenvalue weighted by molar-refractivity contribution is -0.117. The zero-order valence-electron chi connectivity index (χ0n) is 19.3. The zero-order chi connectivity index (χ0) is 25.5. The van der Waals surface area contributed by atoms with Crippen LogP contribution >= 0.6 is 11.6 Å². The Labute approximate surface area is 205 Å². The molecule has 0 fully saturated rings. The summed E-state index contributed by atoms with van der Waals surface area (Å²) in [6.45, 7) is 1.88. The van der Waals surface area contributed by atoms with Crippen LogP contribution in [-0.4, -0.2) is 28.1 Å². The van der Waals surface area contributed by atoms with Crippen LogP contribution in [0.1, 0.15) is 31.7 Å². The lowest BCUT2D eigenvalue weighted by atomic mass is 10.2. The topological polar surface area (TPSA) is 135 Å². The van der Waals surface area contributed by atoms with Crippen molar-refractivity contribution in [3.8, 4) is 6.07 Å². The number of anilines is 2. The van der Waals surface area contributed by atoms with E-state index in [4.69, 9.17) is 21.6 Å². The summed E-state index contributed by atoms with van der Waals surface area (Å²) in [5, 5.41) is 14.8. The van der Waals surface area contributed by atoms with Gasteiger partial charge in [-0.05, 0) is 49.7 Å². The van der Waals surface area contributed by atoms with Gasteiger partial charge in [0.15, 0.2) is 0 Å². The van der Waals surface area contributed by atoms with Gasteiger partial charge in [-0.1, -0.05) is 11.6 Å². The number of hydrogen-bond donors (Lipinski definition) is 2. The Bertz CT molecular complexity index is 1440. The van der Waals surface area contributed by atoms with E-state index in [2.05, 4.69) is 10.6 Å². The molecule has 11 heteroatoms. The Morgan fingerprint density at radius 3 is 2.23 bits per heavy atom. The van der Waals surface area contributed by atoms with Crippen LogP contribution in [0.4, 0.5) is 11.4 Å². The molecule has 2 aromatic carbocycles. The fourth-order valence-corrected chi connectivity index (χ4v) is 3.80. The molecule has 0 aliphatic heterocycles. The minimum atomic E-state index is -0.467. The van der Waals surface area contributed by atoms with E-state index in [1.807, 2.05) is 6.07 Å². The monoisotopic (exact) mass is 497 g/mol. The van der Waals surface area contributed by atoms with Gasteiger partial charge in [0.1, 0.15) is 12.8 Å². The molecule has 182 valence electrons. The quantitative estimate of drug-likeness (QED) is 0.466. The van der Waals surface area contributed by atoms with Crippen LogP contribution in [0.5, 0.6) is 0 Å². The molecule has 0 radical (unpaired) electrons.